The van der Waals surface area contributed by atoms with E-state index >= 15 is 0 Å². The Morgan fingerprint density at radius 3 is 2.20 bits per heavy atom. The largest absolute Gasteiger partial charge is 0.494 e. The minimum absolute atomic E-state index is 0.0563. The number of carboxylic acids is 1. The Hall–Kier alpha value is -5.00. The lowest BCUT2D eigenvalue weighted by atomic mass is 10.0. The topological polar surface area (TPSA) is 151 Å². The molecule has 0 aromatic heterocycles. The second kappa shape index (κ2) is 13.9. The summed E-state index contributed by atoms with van der Waals surface area (Å²) in [5, 5.41) is 9.33. The van der Waals surface area contributed by atoms with Gasteiger partial charge < -0.3 is 30.8 Å². The predicted octanol–water partition coefficient (Wildman–Crippen LogP) is 5.29. The van der Waals surface area contributed by atoms with Gasteiger partial charge >= 0.3 is 24.1 Å². The maximum atomic E-state index is 12.4. The maximum Gasteiger partial charge on any atom is 0.389 e. The molecule has 0 unspecified atom stereocenters. The van der Waals surface area contributed by atoms with Gasteiger partial charge in [0.05, 0.1) is 24.3 Å². The van der Waals surface area contributed by atoms with Crippen molar-refractivity contribution in [2.75, 3.05) is 24.7 Å². The van der Waals surface area contributed by atoms with Gasteiger partial charge in [0.25, 0.3) is 0 Å². The van der Waals surface area contributed by atoms with Crippen molar-refractivity contribution in [1.29, 1.82) is 0 Å². The van der Waals surface area contributed by atoms with Gasteiger partial charge in [-0.05, 0) is 72.2 Å². The summed E-state index contributed by atoms with van der Waals surface area (Å²) in [4.78, 5) is 35.9. The number of esters is 2. The molecule has 0 saturated heterocycles. The minimum atomic E-state index is -4.23. The molecule has 3 aromatic rings. The number of halogens is 3. The SMILES string of the molecule is Nc1cc(N)c(CCOC(=O)C=Cc2ccc(OC(=O)c3ccc(OCCCC(F)(F)F)cc3)cc2)c(C(=O)O)c1. The van der Waals surface area contributed by atoms with Crippen LogP contribution in [0.5, 0.6) is 11.5 Å². The fourth-order valence-corrected chi connectivity index (χ4v) is 3.62. The zero-order valence-corrected chi connectivity index (χ0v) is 21.6. The van der Waals surface area contributed by atoms with Crippen LogP contribution in [0.4, 0.5) is 24.5 Å². The maximum absolute atomic E-state index is 12.4. The highest BCUT2D eigenvalue weighted by Crippen LogP contribution is 2.23. The Balaban J connectivity index is 1.45. The van der Waals surface area contributed by atoms with Crippen molar-refractivity contribution in [3.05, 3.63) is 89.0 Å². The summed E-state index contributed by atoms with van der Waals surface area (Å²) in [6.07, 6.45) is -2.57. The van der Waals surface area contributed by atoms with E-state index in [9.17, 15) is 32.7 Å². The summed E-state index contributed by atoms with van der Waals surface area (Å²) < 4.78 is 52.3. The van der Waals surface area contributed by atoms with Crippen LogP contribution in [0.3, 0.4) is 0 Å². The summed E-state index contributed by atoms with van der Waals surface area (Å²) in [5.74, 6) is -1.91. The molecule has 0 heterocycles. The lowest BCUT2D eigenvalue weighted by Crippen LogP contribution is -2.11. The lowest BCUT2D eigenvalue weighted by molar-refractivity contribution is -0.138. The zero-order chi connectivity index (χ0) is 30.0. The molecule has 9 nitrogen and oxygen atoms in total. The third kappa shape index (κ3) is 9.92. The van der Waals surface area contributed by atoms with Crippen molar-refractivity contribution in [3.63, 3.8) is 0 Å². The van der Waals surface area contributed by atoms with Crippen LogP contribution in [0, 0.1) is 0 Å². The lowest BCUT2D eigenvalue weighted by Gasteiger charge is -2.11. The summed E-state index contributed by atoms with van der Waals surface area (Å²) >= 11 is 0. The highest BCUT2D eigenvalue weighted by atomic mass is 19.4. The van der Waals surface area contributed by atoms with Crippen molar-refractivity contribution in [1.82, 2.24) is 0 Å². The smallest absolute Gasteiger partial charge is 0.389 e. The number of carbonyl (C=O) groups is 3. The Bertz CT molecular complexity index is 1400. The predicted molar refractivity (Wildman–Crippen MR) is 145 cm³/mol. The third-order valence-electron chi connectivity index (χ3n) is 5.60. The second-order valence-corrected chi connectivity index (χ2v) is 8.74. The van der Waals surface area contributed by atoms with Crippen LogP contribution in [-0.2, 0) is 16.0 Å². The molecule has 3 rings (SSSR count). The molecule has 0 aliphatic carbocycles. The molecule has 3 aromatic carbocycles. The summed E-state index contributed by atoms with van der Waals surface area (Å²) in [7, 11) is 0. The number of benzene rings is 3. The van der Waals surface area contributed by atoms with Crippen molar-refractivity contribution >= 4 is 35.4 Å². The van der Waals surface area contributed by atoms with Crippen LogP contribution < -0.4 is 20.9 Å². The van der Waals surface area contributed by atoms with Gasteiger partial charge in [-0.1, -0.05) is 12.1 Å². The van der Waals surface area contributed by atoms with Crippen molar-refractivity contribution < 1.29 is 46.9 Å². The van der Waals surface area contributed by atoms with E-state index in [0.717, 1.165) is 0 Å². The highest BCUT2D eigenvalue weighted by Gasteiger charge is 2.26. The first kappa shape index (κ1) is 30.5. The number of hydrogen-bond donors (Lipinski definition) is 3. The molecule has 0 aliphatic rings. The fourth-order valence-electron chi connectivity index (χ4n) is 3.62. The first-order valence-electron chi connectivity index (χ1n) is 12.3. The van der Waals surface area contributed by atoms with Gasteiger partial charge in [-0.2, -0.15) is 13.2 Å². The van der Waals surface area contributed by atoms with E-state index in [1.165, 1.54) is 60.7 Å². The first-order chi connectivity index (χ1) is 19.4. The number of carboxylic acid groups (broad SMARTS) is 1. The molecule has 12 heteroatoms. The van der Waals surface area contributed by atoms with Gasteiger partial charge in [-0.25, -0.2) is 14.4 Å². The van der Waals surface area contributed by atoms with E-state index in [1.807, 2.05) is 0 Å². The van der Waals surface area contributed by atoms with Crippen molar-refractivity contribution in [2.24, 2.45) is 0 Å². The average molecular weight is 573 g/mol. The van der Waals surface area contributed by atoms with Crippen LogP contribution in [0.1, 0.15) is 44.7 Å². The number of ether oxygens (including phenoxy) is 3. The van der Waals surface area contributed by atoms with Crippen LogP contribution in [0.2, 0.25) is 0 Å². The highest BCUT2D eigenvalue weighted by molar-refractivity contribution is 5.93. The van der Waals surface area contributed by atoms with Crippen LogP contribution in [-0.4, -0.2) is 42.4 Å². The van der Waals surface area contributed by atoms with E-state index in [1.54, 1.807) is 12.1 Å². The number of nitrogens with two attached hydrogens (primary N) is 2. The Kier molecular flexibility index (Phi) is 10.3. The Labute approximate surface area is 233 Å². The van der Waals surface area contributed by atoms with Crippen LogP contribution in [0.25, 0.3) is 6.08 Å². The number of anilines is 2. The Morgan fingerprint density at radius 2 is 1.56 bits per heavy atom. The quantitative estimate of drug-likeness (QED) is 0.0865. The third-order valence-corrected chi connectivity index (χ3v) is 5.60. The van der Waals surface area contributed by atoms with Crippen molar-refractivity contribution in [2.45, 2.75) is 25.4 Å². The molecule has 0 bridgehead atoms. The van der Waals surface area contributed by atoms with Crippen LogP contribution >= 0.6 is 0 Å². The van der Waals surface area contributed by atoms with Gasteiger partial charge in [0.2, 0.25) is 0 Å². The molecule has 41 heavy (non-hydrogen) atoms. The molecule has 0 atom stereocenters. The standard InChI is InChI=1S/C29H27F3N2O7/c30-29(31,32)13-1-14-39-21-9-5-19(6-10-21)28(38)41-22-7-2-18(3-8-22)4-11-26(35)40-15-12-23-24(27(36)37)16-20(33)17-25(23)34/h2-11,16-17H,1,12-15,33-34H2,(H,36,37). The van der Waals surface area contributed by atoms with Gasteiger partial charge in [-0.3, -0.25) is 0 Å². The fraction of sp³-hybridized carbons (Fsp3) is 0.207. The van der Waals surface area contributed by atoms with Gasteiger partial charge in [0, 0.05) is 30.3 Å². The number of carbonyl (C=O) groups excluding carboxylic acids is 2. The van der Waals surface area contributed by atoms with E-state index in [0.29, 0.717) is 16.9 Å². The molecule has 0 saturated carbocycles. The van der Waals surface area contributed by atoms with E-state index in [4.69, 9.17) is 25.7 Å². The van der Waals surface area contributed by atoms with E-state index in [-0.39, 0.29) is 54.3 Å². The second-order valence-electron chi connectivity index (χ2n) is 8.74. The van der Waals surface area contributed by atoms with Crippen LogP contribution in [0.15, 0.2) is 66.7 Å². The Morgan fingerprint density at radius 1 is 0.902 bits per heavy atom. The van der Waals surface area contributed by atoms with Gasteiger partial charge in [-0.15, -0.1) is 0 Å². The summed E-state index contributed by atoms with van der Waals surface area (Å²) in [5.41, 5.74) is 13.0. The van der Waals surface area contributed by atoms with Gasteiger partial charge in [0.15, 0.2) is 0 Å². The molecule has 0 aliphatic heterocycles. The molecule has 0 spiro atoms. The van der Waals surface area contributed by atoms with Crippen molar-refractivity contribution in [3.8, 4) is 11.5 Å². The molecule has 5 N–H and O–H groups in total. The molecule has 0 amide bonds. The molecule has 0 fully saturated rings. The first-order valence-corrected chi connectivity index (χ1v) is 12.3. The molecule has 0 radical (unpaired) electrons. The number of alkyl halides is 3. The van der Waals surface area contributed by atoms with Gasteiger partial charge in [0.1, 0.15) is 11.5 Å². The summed E-state index contributed by atoms with van der Waals surface area (Å²) in [6, 6.07) is 14.8. The summed E-state index contributed by atoms with van der Waals surface area (Å²) in [6.45, 7) is -0.203. The number of nitrogen functional groups attached to an aromatic ring is 2. The normalized spacial score (nSPS) is 11.3. The number of hydrogen-bond acceptors (Lipinski definition) is 8. The number of rotatable bonds is 12. The molecule has 216 valence electrons. The zero-order valence-electron chi connectivity index (χ0n) is 21.6. The molecular formula is C29H27F3N2O7. The number of aromatic carboxylic acids is 1. The van der Waals surface area contributed by atoms with E-state index < -0.39 is 30.5 Å². The van der Waals surface area contributed by atoms with E-state index in [2.05, 4.69) is 0 Å². The molecular weight excluding hydrogens is 545 g/mol. The monoisotopic (exact) mass is 572 g/mol. The minimum Gasteiger partial charge on any atom is -0.494 e. The average Bonchev–Trinajstić information content (AvgIpc) is 2.91.